The molecule has 0 aliphatic rings. The molecule has 11 heteroatoms. The molecular formula is C22H22BrClFN5O2S. The lowest BCUT2D eigenvalue weighted by Gasteiger charge is -2.22. The fourth-order valence-electron chi connectivity index (χ4n) is 3.02. The van der Waals surface area contributed by atoms with Gasteiger partial charge in [0, 0.05) is 11.5 Å². The predicted octanol–water partition coefficient (Wildman–Crippen LogP) is 5.23. The minimum absolute atomic E-state index is 0.0137. The number of aromatic nitrogens is 3. The summed E-state index contributed by atoms with van der Waals surface area (Å²) in [5.41, 5.74) is 0.475. The van der Waals surface area contributed by atoms with Crippen LogP contribution in [0.1, 0.15) is 36.1 Å². The third-order valence-electron chi connectivity index (χ3n) is 4.76. The summed E-state index contributed by atoms with van der Waals surface area (Å²) in [6.07, 6.45) is 0. The van der Waals surface area contributed by atoms with Gasteiger partial charge in [0.25, 0.3) is 5.91 Å². The van der Waals surface area contributed by atoms with E-state index in [1.165, 1.54) is 12.1 Å². The monoisotopic (exact) mass is 553 g/mol. The van der Waals surface area contributed by atoms with Crippen LogP contribution in [0.5, 0.6) is 0 Å². The lowest BCUT2D eigenvalue weighted by Crippen LogP contribution is -2.33. The minimum atomic E-state index is -0.530. The summed E-state index contributed by atoms with van der Waals surface area (Å²) in [6.45, 7) is 3.92. The zero-order chi connectivity index (χ0) is 24.1. The summed E-state index contributed by atoms with van der Waals surface area (Å²) in [7, 11) is 1.76. The molecule has 7 nitrogen and oxygen atoms in total. The first-order chi connectivity index (χ1) is 15.7. The maximum absolute atomic E-state index is 13.9. The number of nitrogens with one attached hydrogen (secondary N) is 2. The summed E-state index contributed by atoms with van der Waals surface area (Å²) in [5, 5.41) is 14.8. The van der Waals surface area contributed by atoms with Crippen molar-refractivity contribution in [1.82, 2.24) is 20.1 Å². The number of hydrogen-bond donors (Lipinski definition) is 2. The summed E-state index contributed by atoms with van der Waals surface area (Å²) in [6, 6.07) is 10.8. The van der Waals surface area contributed by atoms with Crippen LogP contribution in [0.4, 0.5) is 10.1 Å². The quantitative estimate of drug-likeness (QED) is 0.372. The number of amides is 2. The Morgan fingerprint density at radius 3 is 2.61 bits per heavy atom. The maximum atomic E-state index is 13.9. The van der Waals surface area contributed by atoms with Gasteiger partial charge in [-0.05, 0) is 36.2 Å². The highest BCUT2D eigenvalue weighted by Gasteiger charge is 2.26. The van der Waals surface area contributed by atoms with E-state index in [4.69, 9.17) is 11.6 Å². The second kappa shape index (κ2) is 11.1. The summed E-state index contributed by atoms with van der Waals surface area (Å²) >= 11 is 10.5. The van der Waals surface area contributed by atoms with Crippen LogP contribution in [0, 0.1) is 11.7 Å². The van der Waals surface area contributed by atoms with Crippen molar-refractivity contribution in [2.75, 3.05) is 11.1 Å². The molecule has 0 aliphatic heterocycles. The average Bonchev–Trinajstić information content (AvgIpc) is 3.12. The SMILES string of the molecule is CC(C)[C@H](NC(=O)c1ccccc1Cl)c1nnc(SCC(=O)Nc2ccc(Br)cc2F)n1C. The number of benzene rings is 2. The molecule has 0 radical (unpaired) electrons. The zero-order valence-electron chi connectivity index (χ0n) is 18.1. The molecule has 0 unspecified atom stereocenters. The van der Waals surface area contributed by atoms with Gasteiger partial charge in [0.1, 0.15) is 5.82 Å². The Hall–Kier alpha value is -2.43. The highest BCUT2D eigenvalue weighted by molar-refractivity contribution is 9.10. The molecule has 1 aromatic heterocycles. The van der Waals surface area contributed by atoms with Crippen LogP contribution in [0.25, 0.3) is 0 Å². The highest BCUT2D eigenvalue weighted by atomic mass is 79.9. The van der Waals surface area contributed by atoms with Crippen LogP contribution in [0.15, 0.2) is 52.1 Å². The normalized spacial score (nSPS) is 12.0. The smallest absolute Gasteiger partial charge is 0.253 e. The summed E-state index contributed by atoms with van der Waals surface area (Å²) in [4.78, 5) is 25.0. The first-order valence-electron chi connectivity index (χ1n) is 9.99. The number of rotatable bonds is 8. The molecule has 1 atom stereocenters. The largest absolute Gasteiger partial charge is 0.342 e. The topological polar surface area (TPSA) is 88.9 Å². The Labute approximate surface area is 208 Å². The molecule has 2 aromatic carbocycles. The lowest BCUT2D eigenvalue weighted by atomic mass is 10.0. The van der Waals surface area contributed by atoms with Crippen LogP contribution >= 0.6 is 39.3 Å². The Morgan fingerprint density at radius 2 is 1.94 bits per heavy atom. The van der Waals surface area contributed by atoms with Crippen molar-refractivity contribution in [3.05, 3.63) is 69.2 Å². The number of nitrogens with zero attached hydrogens (tertiary/aromatic N) is 3. The number of carbonyl (C=O) groups is 2. The molecule has 33 heavy (non-hydrogen) atoms. The highest BCUT2D eigenvalue weighted by Crippen LogP contribution is 2.26. The predicted molar refractivity (Wildman–Crippen MR) is 131 cm³/mol. The van der Waals surface area contributed by atoms with Crippen LogP contribution in [-0.4, -0.2) is 32.3 Å². The number of thioether (sulfide) groups is 1. The molecule has 0 fully saturated rings. The first kappa shape index (κ1) is 25.2. The molecule has 0 spiro atoms. The van der Waals surface area contributed by atoms with E-state index in [1.807, 2.05) is 13.8 Å². The number of hydrogen-bond acceptors (Lipinski definition) is 5. The Bertz CT molecular complexity index is 1170. The Morgan fingerprint density at radius 1 is 1.21 bits per heavy atom. The number of halogens is 3. The van der Waals surface area contributed by atoms with Crippen LogP contribution in [-0.2, 0) is 11.8 Å². The third kappa shape index (κ3) is 6.33. The van der Waals surface area contributed by atoms with Crippen molar-refractivity contribution in [2.24, 2.45) is 13.0 Å². The van der Waals surface area contributed by atoms with E-state index in [2.05, 4.69) is 36.8 Å². The number of anilines is 1. The average molecular weight is 555 g/mol. The van der Waals surface area contributed by atoms with Gasteiger partial charge in [-0.3, -0.25) is 9.59 Å². The van der Waals surface area contributed by atoms with Crippen molar-refractivity contribution in [1.29, 1.82) is 0 Å². The van der Waals surface area contributed by atoms with Gasteiger partial charge >= 0.3 is 0 Å². The second-order valence-electron chi connectivity index (χ2n) is 7.54. The van der Waals surface area contributed by atoms with Gasteiger partial charge in [-0.1, -0.05) is 65.3 Å². The van der Waals surface area contributed by atoms with Crippen LogP contribution in [0.2, 0.25) is 5.02 Å². The van der Waals surface area contributed by atoms with Crippen LogP contribution in [0.3, 0.4) is 0 Å². The Kier molecular flexibility index (Phi) is 8.50. The van der Waals surface area contributed by atoms with Gasteiger partial charge in [0.05, 0.1) is 28.1 Å². The lowest BCUT2D eigenvalue weighted by molar-refractivity contribution is -0.113. The van der Waals surface area contributed by atoms with Crippen molar-refractivity contribution in [3.63, 3.8) is 0 Å². The molecule has 1 heterocycles. The van der Waals surface area contributed by atoms with Gasteiger partial charge in [-0.25, -0.2) is 4.39 Å². The number of carbonyl (C=O) groups excluding carboxylic acids is 2. The molecule has 3 rings (SSSR count). The van der Waals surface area contributed by atoms with Gasteiger partial charge in [0.15, 0.2) is 11.0 Å². The molecule has 174 valence electrons. The minimum Gasteiger partial charge on any atom is -0.342 e. The maximum Gasteiger partial charge on any atom is 0.253 e. The third-order valence-corrected chi connectivity index (χ3v) is 6.60. The molecule has 0 saturated carbocycles. The fraction of sp³-hybridized carbons (Fsp3) is 0.273. The first-order valence-corrected chi connectivity index (χ1v) is 12.2. The molecule has 0 aliphatic carbocycles. The van der Waals surface area contributed by atoms with Crippen molar-refractivity contribution < 1.29 is 14.0 Å². The molecule has 0 bridgehead atoms. The molecule has 0 saturated heterocycles. The van der Waals surface area contributed by atoms with E-state index in [0.717, 1.165) is 11.8 Å². The van der Waals surface area contributed by atoms with E-state index in [-0.39, 0.29) is 29.2 Å². The fourth-order valence-corrected chi connectivity index (χ4v) is 4.30. The summed E-state index contributed by atoms with van der Waals surface area (Å²) < 4.78 is 16.3. The summed E-state index contributed by atoms with van der Waals surface area (Å²) in [5.74, 6) is -0.642. The van der Waals surface area contributed by atoms with Crippen LogP contribution < -0.4 is 10.6 Å². The van der Waals surface area contributed by atoms with Gasteiger partial charge in [-0.15, -0.1) is 10.2 Å². The van der Waals surface area contributed by atoms with E-state index >= 15 is 0 Å². The molecule has 3 aromatic rings. The van der Waals surface area contributed by atoms with Crippen molar-refractivity contribution in [2.45, 2.75) is 25.0 Å². The standard InChI is InChI=1S/C22H22BrClFN5O2S/c1-12(2)19(27-21(32)14-6-4-5-7-15(14)24)20-28-29-22(30(20)3)33-11-18(31)26-17-9-8-13(23)10-16(17)25/h4-10,12,19H,11H2,1-3H3,(H,26,31)(H,27,32)/t19-/m0/s1. The van der Waals surface area contributed by atoms with E-state index < -0.39 is 11.9 Å². The second-order valence-corrected chi connectivity index (χ2v) is 9.80. The van der Waals surface area contributed by atoms with E-state index in [1.54, 1.807) is 41.9 Å². The van der Waals surface area contributed by atoms with E-state index in [0.29, 0.717) is 26.0 Å². The molecule has 2 N–H and O–H groups in total. The zero-order valence-corrected chi connectivity index (χ0v) is 21.3. The van der Waals surface area contributed by atoms with E-state index in [9.17, 15) is 14.0 Å². The molecule has 2 amide bonds. The van der Waals surface area contributed by atoms with Gasteiger partial charge in [0.2, 0.25) is 5.91 Å². The van der Waals surface area contributed by atoms with Crippen molar-refractivity contribution in [3.8, 4) is 0 Å². The Balaban J connectivity index is 1.68. The van der Waals surface area contributed by atoms with Crippen molar-refractivity contribution >= 4 is 56.8 Å². The molecular weight excluding hydrogens is 533 g/mol. The van der Waals surface area contributed by atoms with Gasteiger partial charge in [-0.2, -0.15) is 0 Å². The van der Waals surface area contributed by atoms with Gasteiger partial charge < -0.3 is 15.2 Å².